The van der Waals surface area contributed by atoms with Crippen LogP contribution in [0.25, 0.3) is 10.8 Å². The molecule has 0 spiro atoms. The van der Waals surface area contributed by atoms with Crippen LogP contribution in [0, 0.1) is 0 Å². The summed E-state index contributed by atoms with van der Waals surface area (Å²) in [7, 11) is -0.576. The number of methoxy groups -OCH3 is 1. The second kappa shape index (κ2) is 9.54. The van der Waals surface area contributed by atoms with Gasteiger partial charge in [-0.05, 0) is 34.5 Å². The van der Waals surface area contributed by atoms with Gasteiger partial charge in [-0.15, -0.1) is 0 Å². The molecule has 29 heavy (non-hydrogen) atoms. The highest BCUT2D eigenvalue weighted by Crippen LogP contribution is 2.36. The van der Waals surface area contributed by atoms with E-state index in [9.17, 15) is 9.59 Å². The summed E-state index contributed by atoms with van der Waals surface area (Å²) in [5.74, 6) is -0.654. The van der Waals surface area contributed by atoms with E-state index in [0.717, 1.165) is 16.3 Å². The van der Waals surface area contributed by atoms with Crippen molar-refractivity contribution in [3.8, 4) is 0 Å². The molecule has 0 radical (unpaired) electrons. The zero-order valence-corrected chi connectivity index (χ0v) is 19.4. The average molecular weight is 416 g/mol. The Morgan fingerprint density at radius 2 is 1.72 bits per heavy atom. The van der Waals surface area contributed by atoms with Gasteiger partial charge in [-0.3, -0.25) is 4.79 Å². The third-order valence-electron chi connectivity index (χ3n) is 5.68. The number of fused-ring (bicyclic) bond motifs is 1. The Balaban J connectivity index is 1.97. The third kappa shape index (κ3) is 6.40. The zero-order chi connectivity index (χ0) is 21.7. The van der Waals surface area contributed by atoms with E-state index in [2.05, 4.69) is 39.2 Å². The molecule has 0 saturated heterocycles. The minimum atomic E-state index is -1.91. The van der Waals surface area contributed by atoms with Crippen molar-refractivity contribution in [2.45, 2.75) is 57.8 Å². The van der Waals surface area contributed by atoms with Crippen LogP contribution < -0.4 is 5.32 Å². The largest absolute Gasteiger partial charge is 0.467 e. The molecule has 5 nitrogen and oxygen atoms in total. The van der Waals surface area contributed by atoms with Gasteiger partial charge in [0, 0.05) is 13.0 Å². The molecule has 158 valence electrons. The van der Waals surface area contributed by atoms with Crippen molar-refractivity contribution in [2.24, 2.45) is 0 Å². The van der Waals surface area contributed by atoms with Crippen LogP contribution in [-0.4, -0.2) is 40.0 Å². The topological polar surface area (TPSA) is 64.6 Å². The maximum Gasteiger partial charge on any atom is 0.328 e. The van der Waals surface area contributed by atoms with Crippen LogP contribution in [0.1, 0.15) is 32.8 Å². The smallest absolute Gasteiger partial charge is 0.328 e. The predicted molar refractivity (Wildman–Crippen MR) is 119 cm³/mol. The van der Waals surface area contributed by atoms with Crippen LogP contribution in [0.2, 0.25) is 18.1 Å². The monoisotopic (exact) mass is 415 g/mol. The molecule has 0 aliphatic carbocycles. The number of rotatable bonds is 8. The fourth-order valence-electron chi connectivity index (χ4n) is 2.82. The van der Waals surface area contributed by atoms with Gasteiger partial charge in [0.1, 0.15) is 6.04 Å². The number of hydrogen-bond donors (Lipinski definition) is 1. The quantitative estimate of drug-likeness (QED) is 0.511. The Morgan fingerprint density at radius 3 is 2.34 bits per heavy atom. The number of benzene rings is 2. The predicted octanol–water partition coefficient (Wildman–Crippen LogP) is 4.45. The molecule has 0 aliphatic heterocycles. The maximum atomic E-state index is 12.5. The van der Waals surface area contributed by atoms with E-state index in [1.54, 1.807) is 0 Å². The summed E-state index contributed by atoms with van der Waals surface area (Å²) < 4.78 is 11.0. The zero-order valence-electron chi connectivity index (χ0n) is 18.4. The minimum Gasteiger partial charge on any atom is -0.467 e. The Hall–Kier alpha value is -2.18. The lowest BCUT2D eigenvalue weighted by molar-refractivity contribution is -0.145. The van der Waals surface area contributed by atoms with Crippen molar-refractivity contribution in [3.05, 3.63) is 48.0 Å². The van der Waals surface area contributed by atoms with Gasteiger partial charge in [0.05, 0.1) is 13.5 Å². The van der Waals surface area contributed by atoms with Crippen molar-refractivity contribution in [2.75, 3.05) is 13.7 Å². The second-order valence-corrected chi connectivity index (χ2v) is 13.7. The number of amides is 1. The Kier molecular flexibility index (Phi) is 7.60. The molecule has 6 heteroatoms. The van der Waals surface area contributed by atoms with Gasteiger partial charge in [-0.25, -0.2) is 4.79 Å². The summed E-state index contributed by atoms with van der Waals surface area (Å²) in [4.78, 5) is 24.7. The van der Waals surface area contributed by atoms with Crippen LogP contribution in [0.5, 0.6) is 0 Å². The lowest BCUT2D eigenvalue weighted by atomic mass is 10.0. The number of nitrogens with one attached hydrogen (secondary N) is 1. The Bertz CT molecular complexity index is 857. The van der Waals surface area contributed by atoms with E-state index in [4.69, 9.17) is 9.16 Å². The van der Waals surface area contributed by atoms with Crippen molar-refractivity contribution < 1.29 is 18.8 Å². The third-order valence-corrected chi connectivity index (χ3v) is 10.2. The van der Waals surface area contributed by atoms with E-state index < -0.39 is 20.3 Å². The first kappa shape index (κ1) is 23.1. The van der Waals surface area contributed by atoms with Crippen LogP contribution in [0.3, 0.4) is 0 Å². The lowest BCUT2D eigenvalue weighted by Gasteiger charge is -2.36. The highest BCUT2D eigenvalue weighted by molar-refractivity contribution is 6.74. The summed E-state index contributed by atoms with van der Waals surface area (Å²) in [5, 5.41) is 5.12. The van der Waals surface area contributed by atoms with E-state index in [1.807, 2.05) is 42.5 Å². The number of carbonyl (C=O) groups excluding carboxylic acids is 2. The number of carbonyl (C=O) groups is 2. The van der Waals surface area contributed by atoms with E-state index in [1.165, 1.54) is 7.11 Å². The van der Waals surface area contributed by atoms with E-state index >= 15 is 0 Å². The molecule has 2 aromatic carbocycles. The van der Waals surface area contributed by atoms with Gasteiger partial charge in [0.2, 0.25) is 5.91 Å². The van der Waals surface area contributed by atoms with E-state index in [0.29, 0.717) is 13.0 Å². The minimum absolute atomic E-state index is 0.0904. The second-order valence-electron chi connectivity index (χ2n) is 8.90. The molecule has 0 fully saturated rings. The summed E-state index contributed by atoms with van der Waals surface area (Å²) in [6.07, 6.45) is 0.601. The van der Waals surface area contributed by atoms with Gasteiger partial charge in [-0.2, -0.15) is 0 Å². The molecule has 0 saturated carbocycles. The number of ether oxygens (including phenoxy) is 1. The van der Waals surface area contributed by atoms with Gasteiger partial charge < -0.3 is 14.5 Å². The summed E-state index contributed by atoms with van der Waals surface area (Å²) >= 11 is 0. The molecular formula is C23H33NO4Si. The van der Waals surface area contributed by atoms with Gasteiger partial charge >= 0.3 is 5.97 Å². The molecule has 1 N–H and O–H groups in total. The van der Waals surface area contributed by atoms with Crippen molar-refractivity contribution in [1.82, 2.24) is 5.32 Å². The van der Waals surface area contributed by atoms with Crippen LogP contribution >= 0.6 is 0 Å². The van der Waals surface area contributed by atoms with E-state index in [-0.39, 0.29) is 17.4 Å². The first-order valence-electron chi connectivity index (χ1n) is 10.0. The first-order valence-corrected chi connectivity index (χ1v) is 12.9. The van der Waals surface area contributed by atoms with Crippen molar-refractivity contribution in [3.63, 3.8) is 0 Å². The van der Waals surface area contributed by atoms with Crippen LogP contribution in [0.4, 0.5) is 0 Å². The molecule has 0 heterocycles. The normalized spacial score (nSPS) is 13.2. The highest BCUT2D eigenvalue weighted by Gasteiger charge is 2.37. The van der Waals surface area contributed by atoms with Crippen LogP contribution in [-0.2, 0) is 25.2 Å². The van der Waals surface area contributed by atoms with Crippen molar-refractivity contribution in [1.29, 1.82) is 0 Å². The van der Waals surface area contributed by atoms with Gasteiger partial charge in [-0.1, -0.05) is 63.2 Å². The fraction of sp³-hybridized carbons (Fsp3) is 0.478. The Morgan fingerprint density at radius 1 is 1.07 bits per heavy atom. The van der Waals surface area contributed by atoms with Gasteiger partial charge in [0.15, 0.2) is 8.32 Å². The standard InChI is InChI=1S/C23H33NO4Si/c1-23(2,3)29(5,6)28-14-13-20(22(26)27-4)24-21(25)16-17-11-12-18-9-7-8-10-19(18)15-17/h7-12,15,20H,13-14,16H2,1-6H3,(H,24,25)/t20-/m0/s1. The summed E-state index contributed by atoms with van der Waals surface area (Å²) in [5.41, 5.74) is 0.905. The van der Waals surface area contributed by atoms with Crippen molar-refractivity contribution >= 4 is 31.0 Å². The van der Waals surface area contributed by atoms with Gasteiger partial charge in [0.25, 0.3) is 0 Å². The maximum absolute atomic E-state index is 12.5. The number of hydrogen-bond acceptors (Lipinski definition) is 4. The Labute approximate surface area is 174 Å². The molecule has 0 bridgehead atoms. The first-order chi connectivity index (χ1) is 13.5. The molecular weight excluding hydrogens is 382 g/mol. The molecule has 1 atom stereocenters. The summed E-state index contributed by atoms with van der Waals surface area (Å²) in [6.45, 7) is 11.2. The number of esters is 1. The molecule has 2 aromatic rings. The summed E-state index contributed by atoms with van der Waals surface area (Å²) in [6, 6.07) is 13.3. The fourth-order valence-corrected chi connectivity index (χ4v) is 3.88. The molecule has 2 rings (SSSR count). The SMILES string of the molecule is COC(=O)[C@H](CCO[Si](C)(C)C(C)(C)C)NC(=O)Cc1ccc2ccccc2c1. The molecule has 0 aliphatic rings. The van der Waals surface area contributed by atoms with Crippen LogP contribution in [0.15, 0.2) is 42.5 Å². The molecule has 0 unspecified atom stereocenters. The highest BCUT2D eigenvalue weighted by atomic mass is 28.4. The lowest BCUT2D eigenvalue weighted by Crippen LogP contribution is -2.45. The molecule has 1 amide bonds. The average Bonchev–Trinajstić information content (AvgIpc) is 2.65. The molecule has 0 aromatic heterocycles.